The van der Waals surface area contributed by atoms with Crippen LogP contribution >= 0.6 is 0 Å². The topological polar surface area (TPSA) is 100 Å². The van der Waals surface area contributed by atoms with Crippen LogP contribution in [0.2, 0.25) is 0 Å². The fourth-order valence-electron chi connectivity index (χ4n) is 3.07. The first-order valence-electron chi connectivity index (χ1n) is 9.10. The lowest BCUT2D eigenvalue weighted by molar-refractivity contribution is 0.0736. The molecular formula is C19H21N7O2. The number of hydrogen-bond acceptors (Lipinski definition) is 8. The molecule has 0 saturated carbocycles. The largest absolute Gasteiger partial charge is 0.361 e. The number of rotatable bonds is 4. The highest BCUT2D eigenvalue weighted by atomic mass is 16.5. The van der Waals surface area contributed by atoms with Crippen LogP contribution in [0.15, 0.2) is 40.9 Å². The van der Waals surface area contributed by atoms with E-state index < -0.39 is 0 Å². The molecule has 1 fully saturated rings. The monoisotopic (exact) mass is 379 g/mol. The summed E-state index contributed by atoms with van der Waals surface area (Å²) in [5.74, 6) is 2.68. The number of aromatic nitrogens is 4. The second-order valence-electron chi connectivity index (χ2n) is 6.67. The van der Waals surface area contributed by atoms with Gasteiger partial charge in [0.15, 0.2) is 17.3 Å². The van der Waals surface area contributed by atoms with Gasteiger partial charge in [0, 0.05) is 37.9 Å². The first-order valence-corrected chi connectivity index (χ1v) is 9.10. The number of carbonyl (C=O) groups is 1. The van der Waals surface area contributed by atoms with Crippen LogP contribution in [0, 0.1) is 13.8 Å². The maximum Gasteiger partial charge on any atom is 0.276 e. The predicted molar refractivity (Wildman–Crippen MR) is 104 cm³/mol. The standard InChI is InChI=1S/C19H21N7O2/c1-13-4-3-5-16(20-13)21-17-6-7-18(23-22-17)25-8-10-26(11-9-25)19(27)15-12-14(2)28-24-15/h3-7,12H,8-11H2,1-2H3,(H,20,21,22). The van der Waals surface area contributed by atoms with Gasteiger partial charge in [0.2, 0.25) is 0 Å². The van der Waals surface area contributed by atoms with Crippen molar-refractivity contribution in [2.45, 2.75) is 13.8 Å². The van der Waals surface area contributed by atoms with Crippen molar-refractivity contribution in [1.29, 1.82) is 0 Å². The van der Waals surface area contributed by atoms with E-state index in [1.807, 2.05) is 37.3 Å². The zero-order chi connectivity index (χ0) is 19.5. The van der Waals surface area contributed by atoms with Gasteiger partial charge in [0.05, 0.1) is 0 Å². The number of piperazine rings is 1. The third kappa shape index (κ3) is 3.93. The summed E-state index contributed by atoms with van der Waals surface area (Å²) < 4.78 is 4.99. The van der Waals surface area contributed by atoms with Crippen molar-refractivity contribution in [3.05, 3.63) is 53.5 Å². The van der Waals surface area contributed by atoms with E-state index in [4.69, 9.17) is 4.52 Å². The summed E-state index contributed by atoms with van der Waals surface area (Å²) in [6.45, 7) is 6.27. The van der Waals surface area contributed by atoms with E-state index in [9.17, 15) is 4.79 Å². The van der Waals surface area contributed by atoms with Crippen molar-refractivity contribution in [3.8, 4) is 0 Å². The Labute approximate surface area is 162 Å². The number of pyridine rings is 1. The van der Waals surface area contributed by atoms with Gasteiger partial charge < -0.3 is 19.6 Å². The molecule has 0 aromatic carbocycles. The van der Waals surface area contributed by atoms with Gasteiger partial charge in [-0.1, -0.05) is 11.2 Å². The molecule has 0 aliphatic carbocycles. The summed E-state index contributed by atoms with van der Waals surface area (Å²) in [4.78, 5) is 20.7. The summed E-state index contributed by atoms with van der Waals surface area (Å²) in [6, 6.07) is 11.2. The van der Waals surface area contributed by atoms with E-state index in [0.29, 0.717) is 43.5 Å². The summed E-state index contributed by atoms with van der Waals surface area (Å²) in [6.07, 6.45) is 0. The lowest BCUT2D eigenvalue weighted by atomic mass is 10.2. The van der Waals surface area contributed by atoms with Gasteiger partial charge in [0.1, 0.15) is 11.6 Å². The Morgan fingerprint density at radius 3 is 2.50 bits per heavy atom. The molecule has 28 heavy (non-hydrogen) atoms. The van der Waals surface area contributed by atoms with E-state index in [1.165, 1.54) is 0 Å². The number of nitrogens with one attached hydrogen (secondary N) is 1. The van der Waals surface area contributed by atoms with Crippen LogP contribution in [-0.2, 0) is 0 Å². The van der Waals surface area contributed by atoms with Crippen LogP contribution in [0.5, 0.6) is 0 Å². The quantitative estimate of drug-likeness (QED) is 0.736. The highest BCUT2D eigenvalue weighted by molar-refractivity contribution is 5.92. The Balaban J connectivity index is 1.35. The lowest BCUT2D eigenvalue weighted by Crippen LogP contribution is -2.49. The molecule has 4 heterocycles. The number of hydrogen-bond donors (Lipinski definition) is 1. The molecule has 1 aliphatic heterocycles. The zero-order valence-electron chi connectivity index (χ0n) is 15.8. The Kier molecular flexibility index (Phi) is 4.88. The lowest BCUT2D eigenvalue weighted by Gasteiger charge is -2.34. The minimum absolute atomic E-state index is 0.104. The van der Waals surface area contributed by atoms with Gasteiger partial charge >= 0.3 is 0 Å². The average Bonchev–Trinajstić information content (AvgIpc) is 3.15. The summed E-state index contributed by atoms with van der Waals surface area (Å²) in [5, 5.41) is 15.5. The van der Waals surface area contributed by atoms with E-state index in [2.05, 4.69) is 30.6 Å². The maximum atomic E-state index is 12.4. The molecule has 0 atom stereocenters. The fourth-order valence-corrected chi connectivity index (χ4v) is 3.07. The minimum Gasteiger partial charge on any atom is -0.361 e. The third-order valence-electron chi connectivity index (χ3n) is 4.53. The second-order valence-corrected chi connectivity index (χ2v) is 6.67. The van der Waals surface area contributed by atoms with Crippen molar-refractivity contribution >= 4 is 23.4 Å². The first kappa shape index (κ1) is 17.9. The van der Waals surface area contributed by atoms with E-state index in [-0.39, 0.29) is 5.91 Å². The van der Waals surface area contributed by atoms with Crippen LogP contribution < -0.4 is 10.2 Å². The predicted octanol–water partition coefficient (Wildman–Crippen LogP) is 2.18. The Hall–Kier alpha value is -3.49. The van der Waals surface area contributed by atoms with Gasteiger partial charge in [-0.15, -0.1) is 10.2 Å². The van der Waals surface area contributed by atoms with Crippen LogP contribution in [-0.4, -0.2) is 57.3 Å². The van der Waals surface area contributed by atoms with Crippen LogP contribution in [0.1, 0.15) is 21.9 Å². The van der Waals surface area contributed by atoms with Gasteiger partial charge in [-0.05, 0) is 38.1 Å². The Morgan fingerprint density at radius 1 is 1.04 bits per heavy atom. The zero-order valence-corrected chi connectivity index (χ0v) is 15.8. The van der Waals surface area contributed by atoms with Crippen molar-refractivity contribution in [2.75, 3.05) is 36.4 Å². The maximum absolute atomic E-state index is 12.4. The van der Waals surface area contributed by atoms with E-state index in [0.717, 1.165) is 17.3 Å². The molecule has 0 bridgehead atoms. The third-order valence-corrected chi connectivity index (χ3v) is 4.53. The second kappa shape index (κ2) is 7.63. The van der Waals surface area contributed by atoms with E-state index in [1.54, 1.807) is 17.9 Å². The summed E-state index contributed by atoms with van der Waals surface area (Å²) in [5.41, 5.74) is 1.29. The van der Waals surface area contributed by atoms with Crippen molar-refractivity contribution in [2.24, 2.45) is 0 Å². The highest BCUT2D eigenvalue weighted by Gasteiger charge is 2.25. The molecule has 0 unspecified atom stereocenters. The molecule has 1 saturated heterocycles. The number of carbonyl (C=O) groups excluding carboxylic acids is 1. The van der Waals surface area contributed by atoms with Gasteiger partial charge in [0.25, 0.3) is 5.91 Å². The van der Waals surface area contributed by atoms with Gasteiger partial charge in [-0.3, -0.25) is 4.79 Å². The Morgan fingerprint density at radius 2 is 1.86 bits per heavy atom. The molecule has 144 valence electrons. The van der Waals surface area contributed by atoms with Crippen molar-refractivity contribution < 1.29 is 9.32 Å². The molecule has 1 amide bonds. The molecule has 0 spiro atoms. The van der Waals surface area contributed by atoms with E-state index >= 15 is 0 Å². The molecule has 0 radical (unpaired) electrons. The molecule has 9 nitrogen and oxygen atoms in total. The molecule has 4 rings (SSSR count). The number of nitrogens with zero attached hydrogens (tertiary/aromatic N) is 6. The highest BCUT2D eigenvalue weighted by Crippen LogP contribution is 2.17. The number of aryl methyl sites for hydroxylation is 2. The number of amides is 1. The summed E-state index contributed by atoms with van der Waals surface area (Å²) >= 11 is 0. The van der Waals surface area contributed by atoms with Crippen LogP contribution in [0.4, 0.5) is 17.5 Å². The van der Waals surface area contributed by atoms with Crippen molar-refractivity contribution in [1.82, 2.24) is 25.2 Å². The van der Waals surface area contributed by atoms with Crippen LogP contribution in [0.25, 0.3) is 0 Å². The smallest absolute Gasteiger partial charge is 0.276 e. The normalized spacial score (nSPS) is 14.2. The summed E-state index contributed by atoms with van der Waals surface area (Å²) in [7, 11) is 0. The fraction of sp³-hybridized carbons (Fsp3) is 0.316. The van der Waals surface area contributed by atoms with Gasteiger partial charge in [-0.2, -0.15) is 0 Å². The Bertz CT molecular complexity index is 962. The SMILES string of the molecule is Cc1cccc(Nc2ccc(N3CCN(C(=O)c4cc(C)on4)CC3)nn2)n1. The molecule has 3 aromatic heterocycles. The molecule has 1 aliphatic rings. The minimum atomic E-state index is -0.104. The van der Waals surface area contributed by atoms with Crippen molar-refractivity contribution in [3.63, 3.8) is 0 Å². The molecule has 1 N–H and O–H groups in total. The average molecular weight is 379 g/mol. The number of anilines is 3. The first-order chi connectivity index (χ1) is 13.6. The van der Waals surface area contributed by atoms with Gasteiger partial charge in [-0.25, -0.2) is 4.98 Å². The van der Waals surface area contributed by atoms with Crippen LogP contribution in [0.3, 0.4) is 0 Å². The molecule has 3 aromatic rings. The molecular weight excluding hydrogens is 358 g/mol. The molecule has 9 heteroatoms.